The third-order valence-electron chi connectivity index (χ3n) is 4.30. The Morgan fingerprint density at radius 1 is 1.21 bits per heavy atom. The average molecular weight is 355 g/mol. The van der Waals surface area contributed by atoms with Crippen LogP contribution in [0, 0.1) is 19.8 Å². The number of hydrogen-bond acceptors (Lipinski definition) is 3. The summed E-state index contributed by atoms with van der Waals surface area (Å²) >= 11 is 0. The highest BCUT2D eigenvalue weighted by molar-refractivity contribution is 7.92. The highest BCUT2D eigenvalue weighted by atomic mass is 32.2. The van der Waals surface area contributed by atoms with Crippen molar-refractivity contribution in [3.63, 3.8) is 0 Å². The summed E-state index contributed by atoms with van der Waals surface area (Å²) in [7, 11) is -3.60. The molecule has 0 fully saturated rings. The van der Waals surface area contributed by atoms with Gasteiger partial charge >= 0.3 is 0 Å². The van der Waals surface area contributed by atoms with Gasteiger partial charge in [0.2, 0.25) is 15.9 Å². The van der Waals surface area contributed by atoms with E-state index >= 15 is 0 Å². The molecule has 0 saturated carbocycles. The molecule has 0 aliphatic rings. The Kier molecular flexibility index (Phi) is 6.84. The van der Waals surface area contributed by atoms with Crippen LogP contribution in [-0.2, 0) is 14.8 Å². The van der Waals surface area contributed by atoms with Crippen molar-refractivity contribution in [2.75, 3.05) is 10.6 Å². The Hall–Kier alpha value is -1.56. The number of rotatable bonds is 7. The average Bonchev–Trinajstić information content (AvgIpc) is 2.45. The molecule has 0 spiro atoms. The first-order chi connectivity index (χ1) is 11.0. The summed E-state index contributed by atoms with van der Waals surface area (Å²) in [5.41, 5.74) is 2.35. The van der Waals surface area contributed by atoms with Crippen molar-refractivity contribution in [2.45, 2.75) is 60.0 Å². The van der Waals surface area contributed by atoms with Gasteiger partial charge in [-0.05, 0) is 50.3 Å². The van der Waals surface area contributed by atoms with Crippen LogP contribution in [0.25, 0.3) is 0 Å². The minimum Gasteiger partial charge on any atom is -0.352 e. The van der Waals surface area contributed by atoms with Gasteiger partial charge in [0, 0.05) is 6.04 Å². The van der Waals surface area contributed by atoms with E-state index < -0.39 is 16.1 Å². The maximum Gasteiger partial charge on any atom is 0.244 e. The second-order valence-electron chi connectivity index (χ2n) is 6.81. The smallest absolute Gasteiger partial charge is 0.244 e. The fourth-order valence-corrected chi connectivity index (χ4v) is 3.74. The zero-order valence-corrected chi connectivity index (χ0v) is 16.6. The summed E-state index contributed by atoms with van der Waals surface area (Å²) in [6.07, 6.45) is 1.55. The molecule has 5 nitrogen and oxygen atoms in total. The lowest BCUT2D eigenvalue weighted by Gasteiger charge is -2.32. The van der Waals surface area contributed by atoms with E-state index in [1.54, 1.807) is 0 Å². The molecule has 1 aromatic carbocycles. The Morgan fingerprint density at radius 3 is 2.25 bits per heavy atom. The first-order valence-electron chi connectivity index (χ1n) is 8.36. The van der Waals surface area contributed by atoms with E-state index in [-0.39, 0.29) is 17.9 Å². The second-order valence-corrected chi connectivity index (χ2v) is 8.67. The summed E-state index contributed by atoms with van der Waals surface area (Å²) < 4.78 is 26.2. The summed E-state index contributed by atoms with van der Waals surface area (Å²) in [6, 6.07) is 4.84. The normalized spacial score (nSPS) is 14.3. The van der Waals surface area contributed by atoms with Crippen molar-refractivity contribution in [2.24, 2.45) is 5.92 Å². The molecule has 0 aromatic heterocycles. The Morgan fingerprint density at radius 2 is 1.79 bits per heavy atom. The van der Waals surface area contributed by atoms with Crippen LogP contribution in [0.5, 0.6) is 0 Å². The number of benzene rings is 1. The van der Waals surface area contributed by atoms with Gasteiger partial charge in [-0.1, -0.05) is 32.9 Å². The zero-order chi connectivity index (χ0) is 18.7. The fourth-order valence-electron chi connectivity index (χ4n) is 2.48. The highest BCUT2D eigenvalue weighted by Gasteiger charge is 2.33. The molecule has 0 aliphatic carbocycles. The van der Waals surface area contributed by atoms with Gasteiger partial charge in [0.05, 0.1) is 11.9 Å². The van der Waals surface area contributed by atoms with E-state index in [1.807, 2.05) is 59.7 Å². The van der Waals surface area contributed by atoms with Crippen LogP contribution < -0.4 is 9.62 Å². The van der Waals surface area contributed by atoms with E-state index in [4.69, 9.17) is 0 Å². The number of hydrogen-bond donors (Lipinski definition) is 1. The first kappa shape index (κ1) is 20.5. The monoisotopic (exact) mass is 354 g/mol. The van der Waals surface area contributed by atoms with Gasteiger partial charge in [-0.2, -0.15) is 0 Å². The van der Waals surface area contributed by atoms with E-state index in [0.717, 1.165) is 17.4 Å². The van der Waals surface area contributed by atoms with Gasteiger partial charge in [-0.25, -0.2) is 8.42 Å². The van der Waals surface area contributed by atoms with Crippen LogP contribution in [0.4, 0.5) is 5.69 Å². The molecule has 1 amide bonds. The lowest BCUT2D eigenvalue weighted by Crippen LogP contribution is -2.52. The predicted octanol–water partition coefficient (Wildman–Crippen LogP) is 3.01. The lowest BCUT2D eigenvalue weighted by molar-refractivity contribution is -0.123. The Balaban J connectivity index is 3.33. The number of amides is 1. The standard InChI is InChI=1S/C18H30N2O3S/c1-8-16(18(21)19-15(6)12(2)3)20(24(7,22)23)17-11-13(4)9-10-14(17)5/h9-12,15-16H,8H2,1-7H3,(H,19,21). The van der Waals surface area contributed by atoms with Crippen molar-refractivity contribution < 1.29 is 13.2 Å². The molecule has 6 heteroatoms. The van der Waals surface area contributed by atoms with E-state index in [0.29, 0.717) is 12.1 Å². The molecule has 2 unspecified atom stereocenters. The van der Waals surface area contributed by atoms with Crippen LogP contribution in [0.1, 0.15) is 45.2 Å². The fraction of sp³-hybridized carbons (Fsp3) is 0.611. The molecule has 0 bridgehead atoms. The van der Waals surface area contributed by atoms with Gasteiger partial charge in [0.1, 0.15) is 6.04 Å². The maximum atomic E-state index is 12.7. The summed E-state index contributed by atoms with van der Waals surface area (Å²) in [6.45, 7) is 11.6. The molecular formula is C18H30N2O3S. The van der Waals surface area contributed by atoms with Gasteiger partial charge in [0.25, 0.3) is 0 Å². The van der Waals surface area contributed by atoms with Gasteiger partial charge in [0.15, 0.2) is 0 Å². The van der Waals surface area contributed by atoms with Crippen molar-refractivity contribution >= 4 is 21.6 Å². The maximum absolute atomic E-state index is 12.7. The lowest BCUT2D eigenvalue weighted by atomic mass is 10.0. The molecule has 0 saturated heterocycles. The zero-order valence-electron chi connectivity index (χ0n) is 15.8. The van der Waals surface area contributed by atoms with Crippen LogP contribution in [-0.4, -0.2) is 32.7 Å². The predicted molar refractivity (Wildman–Crippen MR) is 99.8 cm³/mol. The highest BCUT2D eigenvalue weighted by Crippen LogP contribution is 2.27. The van der Waals surface area contributed by atoms with Crippen molar-refractivity contribution in [3.05, 3.63) is 29.3 Å². The van der Waals surface area contributed by atoms with Crippen LogP contribution in [0.3, 0.4) is 0 Å². The third kappa shape index (κ3) is 4.97. The number of nitrogens with one attached hydrogen (secondary N) is 1. The number of nitrogens with zero attached hydrogens (tertiary/aromatic N) is 1. The largest absolute Gasteiger partial charge is 0.352 e. The molecule has 1 rings (SSSR count). The molecule has 0 heterocycles. The molecule has 1 N–H and O–H groups in total. The van der Waals surface area contributed by atoms with Crippen molar-refractivity contribution in [1.29, 1.82) is 0 Å². The molecule has 2 atom stereocenters. The SMILES string of the molecule is CCC(C(=O)NC(C)C(C)C)N(c1cc(C)ccc1C)S(C)(=O)=O. The van der Waals surface area contributed by atoms with Crippen LogP contribution >= 0.6 is 0 Å². The summed E-state index contributed by atoms with van der Waals surface area (Å²) in [5.74, 6) is 0.0175. The Labute approximate surface area is 146 Å². The second kappa shape index (κ2) is 8.01. The number of carbonyl (C=O) groups excluding carboxylic acids is 1. The van der Waals surface area contributed by atoms with Gasteiger partial charge in [-0.15, -0.1) is 0 Å². The van der Waals surface area contributed by atoms with E-state index in [9.17, 15) is 13.2 Å². The minimum atomic E-state index is -3.60. The summed E-state index contributed by atoms with van der Waals surface area (Å²) in [4.78, 5) is 12.7. The van der Waals surface area contributed by atoms with Crippen molar-refractivity contribution in [3.8, 4) is 0 Å². The van der Waals surface area contributed by atoms with Crippen LogP contribution in [0.2, 0.25) is 0 Å². The summed E-state index contributed by atoms with van der Waals surface area (Å²) in [5, 5.41) is 2.94. The third-order valence-corrected chi connectivity index (χ3v) is 5.47. The van der Waals surface area contributed by atoms with Crippen molar-refractivity contribution in [1.82, 2.24) is 5.32 Å². The molecular weight excluding hydrogens is 324 g/mol. The van der Waals surface area contributed by atoms with Crippen LogP contribution in [0.15, 0.2) is 18.2 Å². The quantitative estimate of drug-likeness (QED) is 0.818. The van der Waals surface area contributed by atoms with E-state index in [2.05, 4.69) is 5.32 Å². The number of anilines is 1. The topological polar surface area (TPSA) is 66.5 Å². The molecule has 1 aromatic rings. The number of sulfonamides is 1. The molecule has 24 heavy (non-hydrogen) atoms. The number of aryl methyl sites for hydroxylation is 2. The number of carbonyl (C=O) groups is 1. The Bertz CT molecular complexity index is 684. The van der Waals surface area contributed by atoms with Gasteiger partial charge < -0.3 is 5.32 Å². The van der Waals surface area contributed by atoms with Gasteiger partial charge in [-0.3, -0.25) is 9.10 Å². The molecule has 0 aliphatic heterocycles. The first-order valence-corrected chi connectivity index (χ1v) is 10.2. The van der Waals surface area contributed by atoms with E-state index in [1.165, 1.54) is 4.31 Å². The molecule has 136 valence electrons. The minimum absolute atomic E-state index is 0.0217. The molecule has 0 radical (unpaired) electrons.